The zero-order valence-electron chi connectivity index (χ0n) is 18.4. The highest BCUT2D eigenvalue weighted by molar-refractivity contribution is 6.33. The summed E-state index contributed by atoms with van der Waals surface area (Å²) in [4.78, 5) is 27.8. The van der Waals surface area contributed by atoms with Crippen molar-refractivity contribution >= 4 is 56.8 Å². The number of benzene rings is 2. The van der Waals surface area contributed by atoms with E-state index in [9.17, 15) is 14.7 Å². The number of aliphatic hydroxyl groups is 1. The standard InChI is InChI=1S/C25H26Cl2N2O3/c1-24(2)19-8-9-25(24,3)23(32)29(22(19)31)13-16(30)12-28-20-6-4-14(26)10-17(20)18-11-15(27)5-7-21(18)28/h4-7,10-11,16,19,30H,8-9,12-13H2,1-3H3/t16-,19-,25-/m1/s1. The highest BCUT2D eigenvalue weighted by Crippen LogP contribution is 2.60. The van der Waals surface area contributed by atoms with E-state index in [1.807, 2.05) is 61.7 Å². The summed E-state index contributed by atoms with van der Waals surface area (Å²) in [6.45, 7) is 6.22. The minimum absolute atomic E-state index is 0.0117. The lowest BCUT2D eigenvalue weighted by Gasteiger charge is -2.48. The number of carbonyl (C=O) groups excluding carboxylic acids is 2. The Balaban J connectivity index is 1.48. The summed E-state index contributed by atoms with van der Waals surface area (Å²) in [6.07, 6.45) is 0.517. The van der Waals surface area contributed by atoms with Crippen molar-refractivity contribution < 1.29 is 14.7 Å². The Labute approximate surface area is 196 Å². The van der Waals surface area contributed by atoms with E-state index in [1.54, 1.807) is 0 Å². The summed E-state index contributed by atoms with van der Waals surface area (Å²) >= 11 is 12.5. The first-order chi connectivity index (χ1) is 15.0. The molecule has 5 nitrogen and oxygen atoms in total. The molecule has 1 saturated carbocycles. The van der Waals surface area contributed by atoms with Crippen LogP contribution in [-0.2, 0) is 16.1 Å². The number of carbonyl (C=O) groups is 2. The van der Waals surface area contributed by atoms with Crippen LogP contribution in [0.25, 0.3) is 21.8 Å². The van der Waals surface area contributed by atoms with Gasteiger partial charge in [-0.3, -0.25) is 14.5 Å². The first kappa shape index (κ1) is 21.7. The number of piperidine rings is 1. The number of aromatic nitrogens is 1. The second kappa shape index (κ2) is 7.21. The highest BCUT2D eigenvalue weighted by atomic mass is 35.5. The van der Waals surface area contributed by atoms with Crippen LogP contribution < -0.4 is 0 Å². The van der Waals surface area contributed by atoms with E-state index in [2.05, 4.69) is 0 Å². The number of halogens is 2. The number of fused-ring (bicyclic) bond motifs is 5. The molecular weight excluding hydrogens is 447 g/mol. The third-order valence-corrected chi connectivity index (χ3v) is 8.55. The van der Waals surface area contributed by atoms with Crippen LogP contribution in [-0.4, -0.2) is 39.0 Å². The number of amides is 2. The van der Waals surface area contributed by atoms with Crippen LogP contribution in [0.4, 0.5) is 0 Å². The van der Waals surface area contributed by atoms with Gasteiger partial charge in [-0.1, -0.05) is 44.0 Å². The van der Waals surface area contributed by atoms with Gasteiger partial charge >= 0.3 is 0 Å². The van der Waals surface area contributed by atoms with Gasteiger partial charge in [-0.15, -0.1) is 0 Å². The summed E-state index contributed by atoms with van der Waals surface area (Å²) in [5.74, 6) is -0.509. The molecule has 1 aromatic heterocycles. The van der Waals surface area contributed by atoms with Crippen molar-refractivity contribution in [3.8, 4) is 0 Å². The third-order valence-electron chi connectivity index (χ3n) is 8.08. The van der Waals surface area contributed by atoms with E-state index in [1.165, 1.54) is 4.90 Å². The number of β-amino-alcohol motifs (C(OH)–C–C–N with tert-alkyl or cyclic N) is 1. The fourth-order valence-electron chi connectivity index (χ4n) is 5.80. The Kier molecular flexibility index (Phi) is 4.90. The van der Waals surface area contributed by atoms with E-state index < -0.39 is 11.5 Å². The molecule has 168 valence electrons. The van der Waals surface area contributed by atoms with E-state index in [0.717, 1.165) is 28.2 Å². The Morgan fingerprint density at radius 2 is 1.56 bits per heavy atom. The van der Waals surface area contributed by atoms with E-state index in [4.69, 9.17) is 23.2 Å². The van der Waals surface area contributed by atoms with Gasteiger partial charge in [0.05, 0.1) is 24.6 Å². The second-order valence-electron chi connectivity index (χ2n) is 9.99. The SMILES string of the molecule is CC1(C)[C@@H]2CC[C@]1(C)C(=O)N(C[C@H](O)Cn1c3ccc(Cl)cc3c3cc(Cl)ccc31)C2=O. The lowest BCUT2D eigenvalue weighted by Crippen LogP contribution is -2.60. The molecule has 3 atom stereocenters. The van der Waals surface area contributed by atoms with Crippen LogP contribution in [0.3, 0.4) is 0 Å². The van der Waals surface area contributed by atoms with Gasteiger partial charge in [-0.05, 0) is 54.7 Å². The van der Waals surface area contributed by atoms with Gasteiger partial charge in [0.25, 0.3) is 0 Å². The Hall–Kier alpha value is -2.08. The number of likely N-dealkylation sites (tertiary alicyclic amines) is 1. The van der Waals surface area contributed by atoms with Crippen molar-refractivity contribution in [2.75, 3.05) is 6.54 Å². The second-order valence-corrected chi connectivity index (χ2v) is 10.9. The molecule has 1 saturated heterocycles. The molecule has 3 aromatic rings. The van der Waals surface area contributed by atoms with Crippen molar-refractivity contribution in [1.82, 2.24) is 9.47 Å². The number of hydrogen-bond acceptors (Lipinski definition) is 3. The monoisotopic (exact) mass is 472 g/mol. The molecule has 2 bridgehead atoms. The third kappa shape index (κ3) is 2.94. The van der Waals surface area contributed by atoms with Crippen molar-refractivity contribution in [1.29, 1.82) is 0 Å². The Bertz CT molecular complexity index is 1220. The molecule has 0 spiro atoms. The van der Waals surface area contributed by atoms with Gasteiger partial charge in [-0.2, -0.15) is 0 Å². The van der Waals surface area contributed by atoms with Gasteiger partial charge < -0.3 is 9.67 Å². The average Bonchev–Trinajstić information content (AvgIpc) is 3.12. The van der Waals surface area contributed by atoms with Crippen LogP contribution in [0.1, 0.15) is 33.6 Å². The number of nitrogens with zero attached hydrogens (tertiary/aromatic N) is 2. The predicted octanol–water partition coefficient (Wildman–Crippen LogP) is 5.27. The molecule has 2 fully saturated rings. The van der Waals surface area contributed by atoms with Crippen molar-refractivity contribution in [2.24, 2.45) is 16.7 Å². The fourth-order valence-corrected chi connectivity index (χ4v) is 6.14. The van der Waals surface area contributed by atoms with Gasteiger partial charge in [0.15, 0.2) is 0 Å². The normalized spacial score (nSPS) is 25.8. The molecule has 7 heteroatoms. The molecule has 2 aliphatic rings. The number of hydrogen-bond donors (Lipinski definition) is 1. The Morgan fingerprint density at radius 3 is 2.12 bits per heavy atom. The first-order valence-electron chi connectivity index (χ1n) is 11.0. The lowest BCUT2D eigenvalue weighted by molar-refractivity contribution is -0.169. The van der Waals surface area contributed by atoms with Crippen LogP contribution >= 0.6 is 23.2 Å². The first-order valence-corrected chi connectivity index (χ1v) is 11.7. The molecule has 5 rings (SSSR count). The topological polar surface area (TPSA) is 62.5 Å². The smallest absolute Gasteiger partial charge is 0.235 e. The fraction of sp³-hybridized carbons (Fsp3) is 0.440. The number of imide groups is 1. The van der Waals surface area contributed by atoms with Crippen LogP contribution in [0.5, 0.6) is 0 Å². The summed E-state index contributed by atoms with van der Waals surface area (Å²) in [6, 6.07) is 11.2. The van der Waals surface area contributed by atoms with E-state index in [0.29, 0.717) is 16.5 Å². The number of aliphatic hydroxyl groups excluding tert-OH is 1. The quantitative estimate of drug-likeness (QED) is 0.525. The molecule has 1 aliphatic heterocycles. The molecular formula is C25H26Cl2N2O3. The summed E-state index contributed by atoms with van der Waals surface area (Å²) in [7, 11) is 0. The molecule has 0 unspecified atom stereocenters. The van der Waals surface area contributed by atoms with E-state index in [-0.39, 0.29) is 36.2 Å². The predicted molar refractivity (Wildman–Crippen MR) is 127 cm³/mol. The van der Waals surface area contributed by atoms with Gasteiger partial charge in [0, 0.05) is 37.8 Å². The number of rotatable bonds is 4. The largest absolute Gasteiger partial charge is 0.389 e. The molecule has 1 N–H and O–H groups in total. The summed E-state index contributed by atoms with van der Waals surface area (Å²) < 4.78 is 2.00. The van der Waals surface area contributed by atoms with Crippen molar-refractivity contribution in [3.63, 3.8) is 0 Å². The van der Waals surface area contributed by atoms with Crippen LogP contribution in [0, 0.1) is 16.7 Å². The molecule has 2 heterocycles. The molecule has 0 radical (unpaired) electrons. The highest BCUT2D eigenvalue weighted by Gasteiger charge is 2.64. The zero-order chi connectivity index (χ0) is 23.0. The van der Waals surface area contributed by atoms with Gasteiger partial charge in [0.2, 0.25) is 11.8 Å². The minimum atomic E-state index is -0.905. The average molecular weight is 473 g/mol. The van der Waals surface area contributed by atoms with Gasteiger partial charge in [0.1, 0.15) is 0 Å². The molecule has 2 amide bonds. The molecule has 2 aromatic carbocycles. The maximum atomic E-state index is 13.3. The summed E-state index contributed by atoms with van der Waals surface area (Å²) in [5, 5.41) is 14.1. The maximum Gasteiger partial charge on any atom is 0.235 e. The minimum Gasteiger partial charge on any atom is -0.389 e. The lowest BCUT2D eigenvalue weighted by atomic mass is 9.62. The summed E-state index contributed by atoms with van der Waals surface area (Å²) in [5.41, 5.74) is 0.880. The van der Waals surface area contributed by atoms with Crippen molar-refractivity contribution in [3.05, 3.63) is 46.4 Å². The zero-order valence-corrected chi connectivity index (χ0v) is 19.9. The Morgan fingerprint density at radius 1 is 1.00 bits per heavy atom. The van der Waals surface area contributed by atoms with Crippen LogP contribution in [0.15, 0.2) is 36.4 Å². The molecule has 32 heavy (non-hydrogen) atoms. The van der Waals surface area contributed by atoms with E-state index >= 15 is 0 Å². The maximum absolute atomic E-state index is 13.3. The van der Waals surface area contributed by atoms with Gasteiger partial charge in [-0.25, -0.2) is 0 Å². The molecule has 1 aliphatic carbocycles. The van der Waals surface area contributed by atoms with Crippen molar-refractivity contribution in [2.45, 2.75) is 46.3 Å². The van der Waals surface area contributed by atoms with Crippen LogP contribution in [0.2, 0.25) is 10.0 Å².